The minimum Gasteiger partial charge on any atom is -0.386 e. The van der Waals surface area contributed by atoms with Crippen molar-refractivity contribution in [1.82, 2.24) is 10.2 Å². The van der Waals surface area contributed by atoms with E-state index in [-0.39, 0.29) is 18.4 Å². The standard InChI is InChI=1S/C11H22N4O/c1-2-15(8-10(12)13)11(16)14-9-6-4-3-5-7-9/h9H,2-8H2,1H3,(H3,12,13)(H,14,16). The molecule has 0 aromatic heterocycles. The van der Waals surface area contributed by atoms with Crippen molar-refractivity contribution < 1.29 is 4.79 Å². The van der Waals surface area contributed by atoms with Gasteiger partial charge in [0.2, 0.25) is 0 Å². The third-order valence-corrected chi connectivity index (χ3v) is 2.96. The van der Waals surface area contributed by atoms with Crippen LogP contribution in [0.5, 0.6) is 0 Å². The molecule has 0 aromatic carbocycles. The van der Waals surface area contributed by atoms with Crippen molar-refractivity contribution in [2.24, 2.45) is 5.73 Å². The van der Waals surface area contributed by atoms with Crippen LogP contribution in [-0.4, -0.2) is 35.9 Å². The minimum atomic E-state index is -0.0930. The molecule has 0 aromatic rings. The molecular weight excluding hydrogens is 204 g/mol. The first-order chi connectivity index (χ1) is 7.63. The molecule has 2 amide bonds. The summed E-state index contributed by atoms with van der Waals surface area (Å²) in [5.74, 6) is 0.0284. The van der Waals surface area contributed by atoms with Crippen molar-refractivity contribution in [3.8, 4) is 0 Å². The van der Waals surface area contributed by atoms with E-state index in [1.165, 1.54) is 19.3 Å². The number of hydrogen-bond acceptors (Lipinski definition) is 2. The molecule has 0 unspecified atom stereocenters. The number of amidine groups is 1. The Kier molecular flexibility index (Phi) is 5.08. The lowest BCUT2D eigenvalue weighted by Crippen LogP contribution is -2.48. The molecule has 1 rings (SSSR count). The van der Waals surface area contributed by atoms with Crippen molar-refractivity contribution >= 4 is 11.9 Å². The number of rotatable bonds is 4. The molecule has 16 heavy (non-hydrogen) atoms. The van der Waals surface area contributed by atoms with E-state index in [1.807, 2.05) is 6.92 Å². The van der Waals surface area contributed by atoms with Gasteiger partial charge < -0.3 is 16.0 Å². The zero-order valence-electron chi connectivity index (χ0n) is 9.96. The molecule has 0 spiro atoms. The summed E-state index contributed by atoms with van der Waals surface area (Å²) in [7, 11) is 0. The van der Waals surface area contributed by atoms with Gasteiger partial charge in [0.1, 0.15) is 5.84 Å². The number of likely N-dealkylation sites (N-methyl/N-ethyl adjacent to an activating group) is 1. The molecule has 1 saturated carbocycles. The van der Waals surface area contributed by atoms with Gasteiger partial charge in [0.25, 0.3) is 0 Å². The van der Waals surface area contributed by atoms with Crippen LogP contribution < -0.4 is 11.1 Å². The maximum absolute atomic E-state index is 11.8. The lowest BCUT2D eigenvalue weighted by molar-refractivity contribution is 0.199. The molecule has 0 heterocycles. The van der Waals surface area contributed by atoms with Crippen molar-refractivity contribution in [2.45, 2.75) is 45.1 Å². The maximum Gasteiger partial charge on any atom is 0.318 e. The Hall–Kier alpha value is -1.26. The van der Waals surface area contributed by atoms with Gasteiger partial charge in [-0.25, -0.2) is 4.79 Å². The van der Waals surface area contributed by atoms with E-state index < -0.39 is 0 Å². The van der Waals surface area contributed by atoms with E-state index >= 15 is 0 Å². The average molecular weight is 226 g/mol. The Morgan fingerprint density at radius 2 is 2.06 bits per heavy atom. The second kappa shape index (κ2) is 6.35. The highest BCUT2D eigenvalue weighted by atomic mass is 16.2. The third-order valence-electron chi connectivity index (χ3n) is 2.96. The molecule has 0 aliphatic heterocycles. The van der Waals surface area contributed by atoms with E-state index in [2.05, 4.69) is 5.32 Å². The van der Waals surface area contributed by atoms with Crippen LogP contribution in [0.3, 0.4) is 0 Å². The van der Waals surface area contributed by atoms with Gasteiger partial charge in [-0.3, -0.25) is 5.41 Å². The van der Waals surface area contributed by atoms with Crippen LogP contribution in [0.15, 0.2) is 0 Å². The first-order valence-electron chi connectivity index (χ1n) is 6.01. The van der Waals surface area contributed by atoms with Gasteiger partial charge in [-0.2, -0.15) is 0 Å². The van der Waals surface area contributed by atoms with E-state index in [1.54, 1.807) is 4.90 Å². The first kappa shape index (κ1) is 12.8. The fourth-order valence-corrected chi connectivity index (χ4v) is 2.05. The summed E-state index contributed by atoms with van der Waals surface area (Å²) in [6.45, 7) is 2.69. The topological polar surface area (TPSA) is 82.2 Å². The van der Waals surface area contributed by atoms with Crippen LogP contribution in [0, 0.1) is 5.41 Å². The van der Waals surface area contributed by atoms with E-state index in [4.69, 9.17) is 11.1 Å². The van der Waals surface area contributed by atoms with Crippen LogP contribution in [0.4, 0.5) is 4.79 Å². The Bertz CT molecular complexity index is 248. The number of nitrogens with two attached hydrogens (primary N) is 1. The SMILES string of the molecule is CCN(CC(=N)N)C(=O)NC1CCCCC1. The highest BCUT2D eigenvalue weighted by molar-refractivity contribution is 5.84. The number of nitrogens with zero attached hydrogens (tertiary/aromatic N) is 1. The van der Waals surface area contributed by atoms with Gasteiger partial charge in [0.15, 0.2) is 0 Å². The van der Waals surface area contributed by atoms with Crippen molar-refractivity contribution in [3.63, 3.8) is 0 Å². The largest absolute Gasteiger partial charge is 0.386 e. The Morgan fingerprint density at radius 1 is 1.44 bits per heavy atom. The molecule has 0 saturated heterocycles. The Morgan fingerprint density at radius 3 is 2.56 bits per heavy atom. The summed E-state index contributed by atoms with van der Waals surface area (Å²) >= 11 is 0. The number of amides is 2. The normalized spacial score (nSPS) is 16.8. The van der Waals surface area contributed by atoms with Crippen LogP contribution >= 0.6 is 0 Å². The quantitative estimate of drug-likeness (QED) is 0.498. The van der Waals surface area contributed by atoms with E-state index in [0.29, 0.717) is 12.6 Å². The molecule has 4 N–H and O–H groups in total. The van der Waals surface area contributed by atoms with Gasteiger partial charge in [-0.15, -0.1) is 0 Å². The number of urea groups is 1. The summed E-state index contributed by atoms with van der Waals surface area (Å²) in [6, 6.07) is 0.215. The second-order valence-electron chi connectivity index (χ2n) is 4.32. The average Bonchev–Trinajstić information content (AvgIpc) is 2.26. The third kappa shape index (κ3) is 4.08. The number of carbonyl (C=O) groups excluding carboxylic acids is 1. The summed E-state index contributed by atoms with van der Waals surface area (Å²) in [5, 5.41) is 10.2. The zero-order chi connectivity index (χ0) is 12.0. The molecule has 1 aliphatic carbocycles. The van der Waals surface area contributed by atoms with Crippen molar-refractivity contribution in [1.29, 1.82) is 5.41 Å². The highest BCUT2D eigenvalue weighted by Crippen LogP contribution is 2.17. The van der Waals surface area contributed by atoms with Gasteiger partial charge >= 0.3 is 6.03 Å². The molecule has 1 fully saturated rings. The zero-order valence-corrected chi connectivity index (χ0v) is 9.96. The number of nitrogens with one attached hydrogen (secondary N) is 2. The van der Waals surface area contributed by atoms with Gasteiger partial charge in [0.05, 0.1) is 6.54 Å². The van der Waals surface area contributed by atoms with Gasteiger partial charge in [0, 0.05) is 12.6 Å². The lowest BCUT2D eigenvalue weighted by atomic mass is 9.96. The molecule has 0 atom stereocenters. The van der Waals surface area contributed by atoms with Crippen molar-refractivity contribution in [2.75, 3.05) is 13.1 Å². The smallest absolute Gasteiger partial charge is 0.318 e. The fraction of sp³-hybridized carbons (Fsp3) is 0.818. The van der Waals surface area contributed by atoms with Crippen LogP contribution in [0.25, 0.3) is 0 Å². The maximum atomic E-state index is 11.8. The highest BCUT2D eigenvalue weighted by Gasteiger charge is 2.19. The summed E-state index contributed by atoms with van der Waals surface area (Å²) in [5.41, 5.74) is 5.30. The lowest BCUT2D eigenvalue weighted by Gasteiger charge is -2.27. The monoisotopic (exact) mass is 226 g/mol. The Balaban J connectivity index is 2.38. The number of hydrogen-bond donors (Lipinski definition) is 3. The fourth-order valence-electron chi connectivity index (χ4n) is 2.05. The van der Waals surface area contributed by atoms with Crippen LogP contribution in [-0.2, 0) is 0 Å². The summed E-state index contributed by atoms with van der Waals surface area (Å²) in [4.78, 5) is 13.4. The molecular formula is C11H22N4O. The van der Waals surface area contributed by atoms with Gasteiger partial charge in [-0.05, 0) is 19.8 Å². The molecule has 1 aliphatic rings. The molecule has 5 heteroatoms. The summed E-state index contributed by atoms with van der Waals surface area (Å²) < 4.78 is 0. The first-order valence-corrected chi connectivity index (χ1v) is 6.01. The molecule has 0 bridgehead atoms. The second-order valence-corrected chi connectivity index (χ2v) is 4.32. The number of carbonyl (C=O) groups is 1. The van der Waals surface area contributed by atoms with E-state index in [9.17, 15) is 4.79 Å². The van der Waals surface area contributed by atoms with Gasteiger partial charge in [-0.1, -0.05) is 19.3 Å². The van der Waals surface area contributed by atoms with E-state index in [0.717, 1.165) is 12.8 Å². The minimum absolute atomic E-state index is 0.0284. The van der Waals surface area contributed by atoms with Crippen LogP contribution in [0.2, 0.25) is 0 Å². The van der Waals surface area contributed by atoms with Crippen molar-refractivity contribution in [3.05, 3.63) is 0 Å². The molecule has 92 valence electrons. The molecule has 5 nitrogen and oxygen atoms in total. The van der Waals surface area contributed by atoms with Crippen LogP contribution in [0.1, 0.15) is 39.0 Å². The molecule has 0 radical (unpaired) electrons. The predicted octanol–water partition coefficient (Wildman–Crippen LogP) is 1.29. The Labute approximate surface area is 96.9 Å². The summed E-state index contributed by atoms with van der Waals surface area (Å²) in [6.07, 6.45) is 5.82. The predicted molar refractivity (Wildman–Crippen MR) is 64.6 cm³/mol.